The van der Waals surface area contributed by atoms with Gasteiger partial charge in [-0.3, -0.25) is 9.58 Å². The van der Waals surface area contributed by atoms with E-state index in [1.165, 1.54) is 17.2 Å². The lowest BCUT2D eigenvalue weighted by atomic mass is 10.0. The van der Waals surface area contributed by atoms with Crippen LogP contribution in [-0.4, -0.2) is 57.6 Å². The maximum atomic E-state index is 4.07. The highest BCUT2D eigenvalue weighted by atomic mass is 32.2. The van der Waals surface area contributed by atoms with E-state index in [4.69, 9.17) is 0 Å². The van der Waals surface area contributed by atoms with Crippen LogP contribution in [-0.2, 0) is 7.05 Å². The number of hydrogen-bond donors (Lipinski definition) is 1. The van der Waals surface area contributed by atoms with Gasteiger partial charge < -0.3 is 5.32 Å². The minimum absolute atomic E-state index is 0.322. The van der Waals surface area contributed by atoms with Gasteiger partial charge in [-0.2, -0.15) is 11.8 Å². The summed E-state index contributed by atoms with van der Waals surface area (Å²) in [5.41, 5.74) is 1.18. The summed E-state index contributed by atoms with van der Waals surface area (Å²) in [6, 6.07) is 0.843. The summed E-state index contributed by atoms with van der Waals surface area (Å²) in [6.45, 7) is 4.39. The van der Waals surface area contributed by atoms with E-state index in [0.717, 1.165) is 19.5 Å². The third-order valence-corrected chi connectivity index (χ3v) is 4.56. The lowest BCUT2D eigenvalue weighted by Crippen LogP contribution is -2.48. The average Bonchev–Trinajstić information content (AvgIpc) is 2.78. The molecular formula is C12H23N5S. The van der Waals surface area contributed by atoms with Crippen molar-refractivity contribution < 1.29 is 0 Å². The largest absolute Gasteiger partial charge is 0.307 e. The van der Waals surface area contributed by atoms with Gasteiger partial charge >= 0.3 is 0 Å². The van der Waals surface area contributed by atoms with Gasteiger partial charge in [0.1, 0.15) is 0 Å². The topological polar surface area (TPSA) is 46.0 Å². The zero-order valence-electron chi connectivity index (χ0n) is 11.5. The van der Waals surface area contributed by atoms with Crippen molar-refractivity contribution in [3.05, 3.63) is 11.9 Å². The molecular weight excluding hydrogens is 246 g/mol. The highest BCUT2D eigenvalue weighted by molar-refractivity contribution is 7.99. The van der Waals surface area contributed by atoms with E-state index >= 15 is 0 Å². The van der Waals surface area contributed by atoms with Crippen molar-refractivity contribution in [2.45, 2.75) is 25.4 Å². The maximum absolute atomic E-state index is 4.07. The number of nitrogens with one attached hydrogen (secondary N) is 1. The lowest BCUT2D eigenvalue weighted by molar-refractivity contribution is 0.210. The molecule has 2 heterocycles. The van der Waals surface area contributed by atoms with Crippen molar-refractivity contribution in [2.24, 2.45) is 7.05 Å². The molecule has 1 aromatic heterocycles. The molecule has 1 aliphatic rings. The third-order valence-electron chi connectivity index (χ3n) is 3.51. The van der Waals surface area contributed by atoms with Crippen molar-refractivity contribution in [3.63, 3.8) is 0 Å². The molecule has 0 bridgehead atoms. The van der Waals surface area contributed by atoms with Crippen molar-refractivity contribution >= 4 is 11.8 Å². The summed E-state index contributed by atoms with van der Waals surface area (Å²) in [4.78, 5) is 2.46. The molecule has 0 aliphatic carbocycles. The van der Waals surface area contributed by atoms with E-state index in [2.05, 4.69) is 34.5 Å². The maximum Gasteiger partial charge on any atom is 0.0769 e. The van der Waals surface area contributed by atoms with E-state index in [1.54, 1.807) is 0 Å². The molecule has 0 spiro atoms. The second kappa shape index (κ2) is 6.54. The molecule has 0 amide bonds. The van der Waals surface area contributed by atoms with Crippen LogP contribution >= 0.6 is 11.8 Å². The summed E-state index contributed by atoms with van der Waals surface area (Å²) in [6.07, 6.45) is 3.03. The van der Waals surface area contributed by atoms with Gasteiger partial charge in [-0.25, -0.2) is 0 Å². The molecule has 6 heteroatoms. The van der Waals surface area contributed by atoms with Gasteiger partial charge in [0.15, 0.2) is 0 Å². The summed E-state index contributed by atoms with van der Waals surface area (Å²) in [5, 5.41) is 11.7. The van der Waals surface area contributed by atoms with Gasteiger partial charge in [-0.15, -0.1) is 5.10 Å². The number of likely N-dealkylation sites (N-methyl/N-ethyl adjacent to an activating group) is 1. The fraction of sp³-hybridized carbons (Fsp3) is 0.833. The molecule has 5 nitrogen and oxygen atoms in total. The predicted octanol–water partition coefficient (Wildman–Crippen LogP) is 0.903. The van der Waals surface area contributed by atoms with Crippen LogP contribution in [0.4, 0.5) is 0 Å². The zero-order valence-corrected chi connectivity index (χ0v) is 12.3. The minimum atomic E-state index is 0.322. The third kappa shape index (κ3) is 3.05. The van der Waals surface area contributed by atoms with E-state index in [9.17, 15) is 0 Å². The van der Waals surface area contributed by atoms with Crippen molar-refractivity contribution in [1.29, 1.82) is 0 Å². The predicted molar refractivity (Wildman–Crippen MR) is 75.8 cm³/mol. The number of nitrogens with zero attached hydrogens (tertiary/aromatic N) is 4. The normalized spacial score (nSPS) is 23.2. The molecule has 1 saturated heterocycles. The van der Waals surface area contributed by atoms with E-state index < -0.39 is 0 Å². The molecule has 18 heavy (non-hydrogen) atoms. The summed E-state index contributed by atoms with van der Waals surface area (Å²) in [5.74, 6) is 2.40. The molecule has 0 saturated carbocycles. The fourth-order valence-electron chi connectivity index (χ4n) is 2.37. The number of rotatable bonds is 5. The first-order valence-corrected chi connectivity index (χ1v) is 7.75. The van der Waals surface area contributed by atoms with Crippen LogP contribution in [0, 0.1) is 0 Å². The minimum Gasteiger partial charge on any atom is -0.307 e. The number of aryl methyl sites for hydroxylation is 1. The van der Waals surface area contributed by atoms with Gasteiger partial charge in [0.05, 0.1) is 17.9 Å². The van der Waals surface area contributed by atoms with Crippen molar-refractivity contribution in [2.75, 3.05) is 31.6 Å². The molecule has 1 aliphatic heterocycles. The Balaban J connectivity index is 2.16. The Morgan fingerprint density at radius 3 is 3.00 bits per heavy atom. The Bertz CT molecular complexity index is 367. The second-order valence-electron chi connectivity index (χ2n) is 4.84. The number of hydrogen-bond acceptors (Lipinski definition) is 5. The van der Waals surface area contributed by atoms with Crippen molar-refractivity contribution in [3.8, 4) is 0 Å². The Labute approximate surface area is 113 Å². The Hall–Kier alpha value is -0.590. The molecule has 2 unspecified atom stereocenters. The first-order chi connectivity index (χ1) is 8.74. The zero-order chi connectivity index (χ0) is 13.0. The Kier molecular flexibility index (Phi) is 5.03. The number of aromatic nitrogens is 3. The van der Waals surface area contributed by atoms with Crippen LogP contribution in [0.1, 0.15) is 25.1 Å². The van der Waals surface area contributed by atoms with Gasteiger partial charge in [0.25, 0.3) is 0 Å². The van der Waals surface area contributed by atoms with Crippen LogP contribution in [0.5, 0.6) is 0 Å². The van der Waals surface area contributed by atoms with Crippen LogP contribution in [0.25, 0.3) is 0 Å². The van der Waals surface area contributed by atoms with Crippen LogP contribution in [0.2, 0.25) is 0 Å². The van der Waals surface area contributed by atoms with Crippen LogP contribution in [0.3, 0.4) is 0 Å². The average molecular weight is 269 g/mol. The highest BCUT2D eigenvalue weighted by Crippen LogP contribution is 2.26. The van der Waals surface area contributed by atoms with Crippen molar-refractivity contribution in [1.82, 2.24) is 25.2 Å². The summed E-state index contributed by atoms with van der Waals surface area (Å²) in [7, 11) is 4.19. The summed E-state index contributed by atoms with van der Waals surface area (Å²) < 4.78 is 1.89. The molecule has 1 aromatic rings. The molecule has 0 aromatic carbocycles. The van der Waals surface area contributed by atoms with Crippen LogP contribution < -0.4 is 5.32 Å². The quantitative estimate of drug-likeness (QED) is 0.860. The van der Waals surface area contributed by atoms with E-state index in [1.807, 2.05) is 29.7 Å². The fourth-order valence-corrected chi connectivity index (χ4v) is 3.65. The molecule has 2 atom stereocenters. The van der Waals surface area contributed by atoms with Gasteiger partial charge in [0.2, 0.25) is 0 Å². The Morgan fingerprint density at radius 1 is 1.56 bits per heavy atom. The smallest absolute Gasteiger partial charge is 0.0769 e. The standard InChI is InChI=1S/C12H23N5S/c1-4-5-13-12(10-8-14-15-17(10)3)11-9-18-7-6-16(11)2/h8,11-13H,4-7,9H2,1-3H3. The first kappa shape index (κ1) is 13.8. The second-order valence-corrected chi connectivity index (χ2v) is 5.99. The number of thioether (sulfide) groups is 1. The Morgan fingerprint density at radius 2 is 2.39 bits per heavy atom. The monoisotopic (exact) mass is 269 g/mol. The van der Waals surface area contributed by atoms with Gasteiger partial charge in [-0.05, 0) is 20.0 Å². The molecule has 102 valence electrons. The molecule has 1 fully saturated rings. The van der Waals surface area contributed by atoms with E-state index in [-0.39, 0.29) is 0 Å². The van der Waals surface area contributed by atoms with Gasteiger partial charge in [-0.1, -0.05) is 12.1 Å². The lowest BCUT2D eigenvalue weighted by Gasteiger charge is -2.38. The van der Waals surface area contributed by atoms with E-state index in [0.29, 0.717) is 12.1 Å². The highest BCUT2D eigenvalue weighted by Gasteiger charge is 2.30. The summed E-state index contributed by atoms with van der Waals surface area (Å²) >= 11 is 2.04. The van der Waals surface area contributed by atoms with Crippen LogP contribution in [0.15, 0.2) is 6.20 Å². The SMILES string of the molecule is CCCNC(c1cnnn1C)C1CSCCN1C. The molecule has 1 N–H and O–H groups in total. The molecule has 0 radical (unpaired) electrons. The first-order valence-electron chi connectivity index (χ1n) is 6.60. The van der Waals surface area contributed by atoms with Gasteiger partial charge in [0, 0.05) is 31.1 Å². The molecule has 2 rings (SSSR count).